The lowest BCUT2D eigenvalue weighted by Gasteiger charge is -2.21. The Labute approximate surface area is 160 Å². The summed E-state index contributed by atoms with van der Waals surface area (Å²) >= 11 is 1.45. The Bertz CT molecular complexity index is 905. The van der Waals surface area contributed by atoms with Crippen LogP contribution in [0.3, 0.4) is 0 Å². The van der Waals surface area contributed by atoms with Gasteiger partial charge in [0, 0.05) is 25.5 Å². The van der Waals surface area contributed by atoms with Gasteiger partial charge in [0.05, 0.1) is 17.9 Å². The predicted molar refractivity (Wildman–Crippen MR) is 100.0 cm³/mol. The first-order chi connectivity index (χ1) is 13.2. The smallest absolute Gasteiger partial charge is 0.438 e. The summed E-state index contributed by atoms with van der Waals surface area (Å²) in [6, 6.07) is 7.49. The molecular formula is C18H20N4O4S. The standard InChI is InChI=1S/C18H20N4O4S/c1-2-25-16(23)7-9-21(12-14-5-3-8-19-11-14)13-22-18(24)26-17(20-22)15-6-4-10-27-15/h3-6,8,10-11H,2,7,9,12-13H2,1H3. The molecule has 0 N–H and O–H groups in total. The maximum Gasteiger partial charge on any atom is 0.438 e. The van der Waals surface area contributed by atoms with E-state index in [0.717, 1.165) is 10.4 Å². The molecule has 142 valence electrons. The minimum atomic E-state index is -0.536. The number of thiophene rings is 1. The molecule has 3 aromatic heterocycles. The average Bonchev–Trinajstić information content (AvgIpc) is 3.31. The Kier molecular flexibility index (Phi) is 6.50. The van der Waals surface area contributed by atoms with Gasteiger partial charge in [-0.25, -0.2) is 4.79 Å². The van der Waals surface area contributed by atoms with E-state index in [-0.39, 0.29) is 19.1 Å². The molecular weight excluding hydrogens is 368 g/mol. The fourth-order valence-electron chi connectivity index (χ4n) is 2.52. The number of hydrogen-bond acceptors (Lipinski definition) is 8. The van der Waals surface area contributed by atoms with Gasteiger partial charge in [0.25, 0.3) is 5.89 Å². The molecule has 3 aromatic rings. The highest BCUT2D eigenvalue weighted by Gasteiger charge is 2.16. The first kappa shape index (κ1) is 19.0. The fraction of sp³-hybridized carbons (Fsp3) is 0.333. The van der Waals surface area contributed by atoms with Gasteiger partial charge in [-0.15, -0.1) is 16.4 Å². The third-order valence-corrected chi connectivity index (χ3v) is 4.60. The van der Waals surface area contributed by atoms with Crippen molar-refractivity contribution in [2.75, 3.05) is 13.2 Å². The van der Waals surface area contributed by atoms with E-state index in [9.17, 15) is 9.59 Å². The number of pyridine rings is 1. The predicted octanol–water partition coefficient (Wildman–Crippen LogP) is 2.37. The Morgan fingerprint density at radius 1 is 1.37 bits per heavy atom. The molecule has 0 saturated carbocycles. The molecule has 27 heavy (non-hydrogen) atoms. The van der Waals surface area contributed by atoms with Gasteiger partial charge in [0.1, 0.15) is 6.67 Å². The van der Waals surface area contributed by atoms with E-state index < -0.39 is 5.76 Å². The van der Waals surface area contributed by atoms with Crippen LogP contribution in [0.2, 0.25) is 0 Å². The van der Waals surface area contributed by atoms with Crippen molar-refractivity contribution < 1.29 is 13.9 Å². The quantitative estimate of drug-likeness (QED) is 0.520. The Hall–Kier alpha value is -2.78. The molecule has 0 saturated heterocycles. The van der Waals surface area contributed by atoms with Gasteiger partial charge in [-0.3, -0.25) is 14.7 Å². The summed E-state index contributed by atoms with van der Waals surface area (Å²) in [5.41, 5.74) is 0.969. The van der Waals surface area contributed by atoms with Crippen LogP contribution in [0.25, 0.3) is 10.8 Å². The summed E-state index contributed by atoms with van der Waals surface area (Å²) < 4.78 is 11.5. The first-order valence-electron chi connectivity index (χ1n) is 8.54. The van der Waals surface area contributed by atoms with Crippen molar-refractivity contribution in [2.45, 2.75) is 26.6 Å². The monoisotopic (exact) mass is 388 g/mol. The van der Waals surface area contributed by atoms with Crippen LogP contribution >= 0.6 is 11.3 Å². The summed E-state index contributed by atoms with van der Waals surface area (Å²) in [5.74, 6) is -0.520. The van der Waals surface area contributed by atoms with Crippen LogP contribution in [0.4, 0.5) is 0 Å². The van der Waals surface area contributed by atoms with Gasteiger partial charge in [-0.2, -0.15) is 4.68 Å². The van der Waals surface area contributed by atoms with Gasteiger partial charge < -0.3 is 9.15 Å². The number of nitrogens with zero attached hydrogens (tertiary/aromatic N) is 4. The molecule has 0 aliphatic heterocycles. The van der Waals surface area contributed by atoms with Crippen molar-refractivity contribution >= 4 is 17.3 Å². The lowest BCUT2D eigenvalue weighted by Crippen LogP contribution is -2.33. The Balaban J connectivity index is 1.74. The summed E-state index contributed by atoms with van der Waals surface area (Å²) in [5, 5.41) is 6.16. The third-order valence-electron chi connectivity index (χ3n) is 3.74. The van der Waals surface area contributed by atoms with E-state index in [2.05, 4.69) is 10.1 Å². The molecule has 0 fully saturated rings. The van der Waals surface area contributed by atoms with E-state index >= 15 is 0 Å². The Morgan fingerprint density at radius 3 is 2.96 bits per heavy atom. The minimum Gasteiger partial charge on any atom is -0.466 e. The highest BCUT2D eigenvalue weighted by atomic mass is 32.1. The third kappa shape index (κ3) is 5.35. The largest absolute Gasteiger partial charge is 0.466 e. The molecule has 9 heteroatoms. The molecule has 3 rings (SSSR count). The van der Waals surface area contributed by atoms with Crippen molar-refractivity contribution in [3.63, 3.8) is 0 Å². The molecule has 8 nitrogen and oxygen atoms in total. The summed E-state index contributed by atoms with van der Waals surface area (Å²) in [7, 11) is 0. The van der Waals surface area contributed by atoms with Crippen LogP contribution < -0.4 is 5.76 Å². The molecule has 0 bridgehead atoms. The number of esters is 1. The molecule has 0 atom stereocenters. The lowest BCUT2D eigenvalue weighted by molar-refractivity contribution is -0.143. The number of ether oxygens (including phenoxy) is 1. The zero-order valence-corrected chi connectivity index (χ0v) is 15.7. The van der Waals surface area contributed by atoms with Crippen LogP contribution in [-0.4, -0.2) is 38.8 Å². The van der Waals surface area contributed by atoms with Gasteiger partial charge in [-0.1, -0.05) is 12.1 Å². The molecule has 0 aliphatic rings. The van der Waals surface area contributed by atoms with Crippen LogP contribution in [0, 0.1) is 0 Å². The van der Waals surface area contributed by atoms with Crippen molar-refractivity contribution in [2.24, 2.45) is 0 Å². The van der Waals surface area contributed by atoms with E-state index in [0.29, 0.717) is 25.6 Å². The van der Waals surface area contributed by atoms with Crippen molar-refractivity contribution in [1.29, 1.82) is 0 Å². The second kappa shape index (κ2) is 9.24. The second-order valence-corrected chi connectivity index (χ2v) is 6.71. The van der Waals surface area contributed by atoms with Gasteiger partial charge >= 0.3 is 11.7 Å². The zero-order chi connectivity index (χ0) is 19.1. The van der Waals surface area contributed by atoms with Gasteiger partial charge in [0.2, 0.25) is 0 Å². The minimum absolute atomic E-state index is 0.196. The number of carbonyl (C=O) groups is 1. The van der Waals surface area contributed by atoms with Crippen LogP contribution in [0.15, 0.2) is 51.3 Å². The van der Waals surface area contributed by atoms with E-state index in [4.69, 9.17) is 9.15 Å². The normalized spacial score (nSPS) is 11.0. The number of aromatic nitrogens is 3. The summed E-state index contributed by atoms with van der Waals surface area (Å²) in [4.78, 5) is 30.7. The average molecular weight is 388 g/mol. The van der Waals surface area contributed by atoms with Crippen molar-refractivity contribution in [3.05, 3.63) is 58.2 Å². The summed E-state index contributed by atoms with van der Waals surface area (Å²) in [6.07, 6.45) is 3.67. The van der Waals surface area contributed by atoms with Gasteiger partial charge in [0.15, 0.2) is 0 Å². The van der Waals surface area contributed by atoms with Crippen LogP contribution in [0.5, 0.6) is 0 Å². The topological polar surface area (TPSA) is 90.5 Å². The van der Waals surface area contributed by atoms with Crippen molar-refractivity contribution in [1.82, 2.24) is 19.7 Å². The van der Waals surface area contributed by atoms with Gasteiger partial charge in [-0.05, 0) is 30.0 Å². The molecule has 0 amide bonds. The maximum absolute atomic E-state index is 12.2. The van der Waals surface area contributed by atoms with E-state index in [1.54, 1.807) is 19.3 Å². The molecule has 0 unspecified atom stereocenters. The lowest BCUT2D eigenvalue weighted by atomic mass is 10.2. The number of hydrogen-bond donors (Lipinski definition) is 0. The summed E-state index contributed by atoms with van der Waals surface area (Å²) in [6.45, 7) is 3.24. The van der Waals surface area contributed by atoms with Crippen LogP contribution in [0.1, 0.15) is 18.9 Å². The zero-order valence-electron chi connectivity index (χ0n) is 14.9. The highest BCUT2D eigenvalue weighted by molar-refractivity contribution is 7.13. The fourth-order valence-corrected chi connectivity index (χ4v) is 3.16. The molecule has 0 aromatic carbocycles. The Morgan fingerprint density at radius 2 is 2.26 bits per heavy atom. The molecule has 0 radical (unpaired) electrons. The number of carbonyl (C=O) groups excluding carboxylic acids is 1. The first-order valence-corrected chi connectivity index (χ1v) is 9.42. The number of rotatable bonds is 9. The molecule has 0 aliphatic carbocycles. The molecule has 3 heterocycles. The second-order valence-electron chi connectivity index (χ2n) is 5.76. The SMILES string of the molecule is CCOC(=O)CCN(Cc1cccnc1)Cn1nc(-c2cccs2)oc1=O. The van der Waals surface area contributed by atoms with Crippen molar-refractivity contribution in [3.8, 4) is 10.8 Å². The highest BCUT2D eigenvalue weighted by Crippen LogP contribution is 2.21. The van der Waals surface area contributed by atoms with E-state index in [1.165, 1.54) is 16.0 Å². The molecule has 0 spiro atoms. The maximum atomic E-state index is 12.2. The van der Waals surface area contributed by atoms with E-state index in [1.807, 2.05) is 34.5 Å². The van der Waals surface area contributed by atoms with Crippen LogP contribution in [-0.2, 0) is 22.7 Å².